The average Bonchev–Trinajstić information content (AvgIpc) is 3.03. The zero-order valence-electron chi connectivity index (χ0n) is 19.4. The molecule has 0 aromatic heterocycles. The second kappa shape index (κ2) is 7.09. The van der Waals surface area contributed by atoms with E-state index < -0.39 is 61.7 Å². The molecule has 1 heterocycles. The van der Waals surface area contributed by atoms with Crippen LogP contribution < -0.4 is 0 Å². The Morgan fingerprint density at radius 3 is 2.25 bits per heavy atom. The Bertz CT molecular complexity index is 1060. The van der Waals surface area contributed by atoms with Crippen molar-refractivity contribution in [2.24, 2.45) is 22.2 Å². The molecule has 6 nitrogen and oxygen atoms in total. The minimum absolute atomic E-state index is 0.130. The van der Waals surface area contributed by atoms with Crippen LogP contribution in [0.2, 0.25) is 0 Å². The molecule has 2 aliphatic carbocycles. The number of esters is 1. The summed E-state index contributed by atoms with van der Waals surface area (Å²) >= 11 is 0. The lowest BCUT2D eigenvalue weighted by molar-refractivity contribution is -0.160. The number of carbonyl (C=O) groups is 1. The van der Waals surface area contributed by atoms with Gasteiger partial charge < -0.3 is 13.7 Å². The summed E-state index contributed by atoms with van der Waals surface area (Å²) in [6, 6.07) is 0. The lowest BCUT2D eigenvalue weighted by Crippen LogP contribution is -2.57. The van der Waals surface area contributed by atoms with E-state index in [-0.39, 0.29) is 5.57 Å². The molecule has 0 amide bonds. The molecule has 10 heteroatoms. The smallest absolute Gasteiger partial charge is 0.468 e. The van der Waals surface area contributed by atoms with Gasteiger partial charge in [0.2, 0.25) is 0 Å². The molecule has 0 saturated carbocycles. The molecule has 3 aliphatic rings. The number of methoxy groups -OCH3 is 1. The van der Waals surface area contributed by atoms with Crippen molar-refractivity contribution in [3.05, 3.63) is 34.6 Å². The third-order valence-corrected chi connectivity index (χ3v) is 8.81. The number of allylic oxidation sites excluding steroid dienone is 2. The summed E-state index contributed by atoms with van der Waals surface area (Å²) < 4.78 is 79.8. The van der Waals surface area contributed by atoms with Crippen LogP contribution in [0.4, 0.5) is 13.2 Å². The van der Waals surface area contributed by atoms with Crippen molar-refractivity contribution < 1.29 is 40.0 Å². The van der Waals surface area contributed by atoms with Crippen LogP contribution in [-0.2, 0) is 28.6 Å². The maximum atomic E-state index is 13.2. The van der Waals surface area contributed by atoms with Crippen LogP contribution in [0.25, 0.3) is 0 Å². The molecule has 1 fully saturated rings. The minimum Gasteiger partial charge on any atom is -0.468 e. The molecule has 0 spiro atoms. The van der Waals surface area contributed by atoms with E-state index in [0.717, 1.165) is 18.3 Å². The van der Waals surface area contributed by atoms with E-state index in [2.05, 4.69) is 0 Å². The monoisotopic (exact) mass is 478 g/mol. The summed E-state index contributed by atoms with van der Waals surface area (Å²) in [5.41, 5.74) is -7.06. The topological polar surface area (TPSA) is 78.9 Å². The lowest BCUT2D eigenvalue weighted by Gasteiger charge is -2.52. The Labute approximate surface area is 186 Å². The summed E-state index contributed by atoms with van der Waals surface area (Å²) in [6.07, 6.45) is 2.70. The molecule has 1 saturated heterocycles. The Morgan fingerprint density at radius 1 is 1.22 bits per heavy atom. The van der Waals surface area contributed by atoms with Gasteiger partial charge in [0.05, 0.1) is 19.3 Å². The summed E-state index contributed by atoms with van der Waals surface area (Å²) in [5.74, 6) is -2.18. The summed E-state index contributed by atoms with van der Waals surface area (Å²) in [5, 5.41) is 0. The van der Waals surface area contributed by atoms with Crippen LogP contribution in [0, 0.1) is 22.2 Å². The van der Waals surface area contributed by atoms with Gasteiger partial charge in [-0.1, -0.05) is 31.6 Å². The third-order valence-electron chi connectivity index (χ3n) is 7.86. The summed E-state index contributed by atoms with van der Waals surface area (Å²) in [7, 11) is -4.92. The highest BCUT2D eigenvalue weighted by atomic mass is 32.2. The zero-order valence-corrected chi connectivity index (χ0v) is 20.2. The Kier molecular flexibility index (Phi) is 5.50. The fraction of sp³-hybridized carbons (Fsp3) is 0.682. The highest BCUT2D eigenvalue weighted by Gasteiger charge is 2.75. The molecular formula is C22H29F3O6S. The van der Waals surface area contributed by atoms with E-state index in [9.17, 15) is 26.4 Å². The van der Waals surface area contributed by atoms with Crippen molar-refractivity contribution in [2.45, 2.75) is 66.2 Å². The average molecular weight is 479 g/mol. The van der Waals surface area contributed by atoms with Gasteiger partial charge >= 0.3 is 21.6 Å². The maximum Gasteiger partial charge on any atom is 0.534 e. The van der Waals surface area contributed by atoms with Crippen molar-refractivity contribution in [3.8, 4) is 0 Å². The molecule has 1 unspecified atom stereocenters. The standard InChI is InChI=1S/C22H29F3O6S/c1-9-11(2)15-19(5)10-12(3)14-20(6,18(26)29-8)16(31-32(27,28)22(23,24)25)13(4)17(30-15)21(14,19)7/h9-10,14-15,17H,1-8H3/b11-9+/t14-,15+,17?,19+,20+,21-/m1/s1. The van der Waals surface area contributed by atoms with E-state index in [1.54, 1.807) is 6.92 Å². The molecule has 0 radical (unpaired) electrons. The molecule has 0 aromatic carbocycles. The Morgan fingerprint density at radius 2 is 1.78 bits per heavy atom. The molecular weight excluding hydrogens is 449 g/mol. The van der Waals surface area contributed by atoms with Crippen LogP contribution in [0.1, 0.15) is 48.5 Å². The third kappa shape index (κ3) is 2.81. The first-order chi connectivity index (χ1) is 14.4. The van der Waals surface area contributed by atoms with Gasteiger partial charge in [-0.25, -0.2) is 0 Å². The number of carbonyl (C=O) groups excluding carboxylic acids is 1. The quantitative estimate of drug-likeness (QED) is 0.254. The van der Waals surface area contributed by atoms with Crippen LogP contribution in [0.15, 0.2) is 34.6 Å². The number of hydrogen-bond donors (Lipinski definition) is 0. The lowest BCUT2D eigenvalue weighted by atomic mass is 9.49. The molecule has 6 atom stereocenters. The van der Waals surface area contributed by atoms with E-state index in [0.29, 0.717) is 0 Å². The van der Waals surface area contributed by atoms with Gasteiger partial charge in [-0.05, 0) is 45.8 Å². The van der Waals surface area contributed by atoms with Crippen molar-refractivity contribution in [1.29, 1.82) is 0 Å². The van der Waals surface area contributed by atoms with Crippen LogP contribution in [-0.4, -0.2) is 39.2 Å². The van der Waals surface area contributed by atoms with E-state index in [4.69, 9.17) is 13.7 Å². The molecule has 0 bridgehead atoms. The van der Waals surface area contributed by atoms with E-state index in [1.165, 1.54) is 13.8 Å². The Balaban J connectivity index is 2.36. The number of halogens is 3. The predicted molar refractivity (Wildman–Crippen MR) is 110 cm³/mol. The predicted octanol–water partition coefficient (Wildman–Crippen LogP) is 4.64. The SMILES string of the molecule is C/C=C(\C)[C@@H]1OC2C(C)=C(OS(=O)(=O)C(F)(F)F)[C@@](C)(C(=O)OC)[C@H]3C(C)=C[C@]1(C)[C@@]23C. The van der Waals surface area contributed by atoms with Gasteiger partial charge in [-0.15, -0.1) is 0 Å². The van der Waals surface area contributed by atoms with Gasteiger partial charge in [0.25, 0.3) is 0 Å². The molecule has 1 aliphatic heterocycles. The minimum atomic E-state index is -6.03. The fourth-order valence-corrected chi connectivity index (χ4v) is 7.06. The van der Waals surface area contributed by atoms with Crippen molar-refractivity contribution in [3.63, 3.8) is 0 Å². The molecule has 3 rings (SSSR count). The van der Waals surface area contributed by atoms with E-state index >= 15 is 0 Å². The summed E-state index contributed by atoms with van der Waals surface area (Å²) in [6.45, 7) is 12.3. The number of alkyl halides is 3. The van der Waals surface area contributed by atoms with Crippen molar-refractivity contribution in [2.75, 3.05) is 7.11 Å². The van der Waals surface area contributed by atoms with Gasteiger partial charge in [0, 0.05) is 16.7 Å². The molecule has 180 valence electrons. The maximum absolute atomic E-state index is 13.2. The number of ether oxygens (including phenoxy) is 2. The molecule has 0 N–H and O–H groups in total. The second-order valence-electron chi connectivity index (χ2n) is 9.50. The zero-order chi connectivity index (χ0) is 24.7. The first-order valence-electron chi connectivity index (χ1n) is 10.2. The number of rotatable bonds is 4. The fourth-order valence-electron chi connectivity index (χ4n) is 6.44. The highest BCUT2D eigenvalue weighted by molar-refractivity contribution is 7.87. The van der Waals surface area contributed by atoms with E-state index in [1.807, 2.05) is 39.8 Å². The highest BCUT2D eigenvalue weighted by Crippen LogP contribution is 2.73. The van der Waals surface area contributed by atoms with Crippen molar-refractivity contribution >= 4 is 16.1 Å². The molecule has 0 aromatic rings. The summed E-state index contributed by atoms with van der Waals surface area (Å²) in [4.78, 5) is 13.1. The van der Waals surface area contributed by atoms with Crippen LogP contribution in [0.5, 0.6) is 0 Å². The normalized spacial score (nSPS) is 39.7. The largest absolute Gasteiger partial charge is 0.534 e. The van der Waals surface area contributed by atoms with Gasteiger partial charge in [-0.2, -0.15) is 21.6 Å². The Hall–Kier alpha value is -1.81. The second-order valence-corrected chi connectivity index (χ2v) is 11.0. The number of hydrogen-bond acceptors (Lipinski definition) is 6. The molecule has 32 heavy (non-hydrogen) atoms. The first kappa shape index (κ1) is 24.8. The van der Waals surface area contributed by atoms with Gasteiger partial charge in [0.1, 0.15) is 11.2 Å². The van der Waals surface area contributed by atoms with Crippen molar-refractivity contribution in [1.82, 2.24) is 0 Å². The van der Waals surface area contributed by atoms with Gasteiger partial charge in [-0.3, -0.25) is 4.79 Å². The van der Waals surface area contributed by atoms with Gasteiger partial charge in [0.15, 0.2) is 0 Å². The first-order valence-corrected chi connectivity index (χ1v) is 11.6. The van der Waals surface area contributed by atoms with Crippen LogP contribution in [0.3, 0.4) is 0 Å². The van der Waals surface area contributed by atoms with Crippen LogP contribution >= 0.6 is 0 Å².